The third kappa shape index (κ3) is 3.48. The number of nitrogens with zero attached hydrogens (tertiary/aromatic N) is 2. The molecule has 19 heavy (non-hydrogen) atoms. The van der Waals surface area contributed by atoms with Gasteiger partial charge in [0.15, 0.2) is 11.6 Å². The van der Waals surface area contributed by atoms with E-state index in [-0.39, 0.29) is 6.04 Å². The predicted octanol–water partition coefficient (Wildman–Crippen LogP) is 3.28. The van der Waals surface area contributed by atoms with E-state index >= 15 is 0 Å². The highest BCUT2D eigenvalue weighted by atomic mass is 35.5. The molecule has 4 N–H and O–H groups in total. The van der Waals surface area contributed by atoms with Crippen molar-refractivity contribution in [3.63, 3.8) is 0 Å². The van der Waals surface area contributed by atoms with Crippen LogP contribution >= 0.6 is 11.6 Å². The van der Waals surface area contributed by atoms with Crippen LogP contribution in [0.3, 0.4) is 0 Å². The average molecular weight is 278 g/mol. The van der Waals surface area contributed by atoms with E-state index in [9.17, 15) is 0 Å². The van der Waals surface area contributed by atoms with E-state index in [0.717, 1.165) is 5.69 Å². The Labute approximate surface area is 117 Å². The van der Waals surface area contributed by atoms with Crippen LogP contribution in [0.15, 0.2) is 30.6 Å². The average Bonchev–Trinajstić information content (AvgIpc) is 2.34. The van der Waals surface area contributed by atoms with E-state index in [1.807, 2.05) is 32.0 Å². The number of nitrogens with two attached hydrogens (primary N) is 1. The van der Waals surface area contributed by atoms with Crippen molar-refractivity contribution in [2.75, 3.05) is 16.4 Å². The van der Waals surface area contributed by atoms with Gasteiger partial charge in [0.2, 0.25) is 0 Å². The number of aromatic nitrogens is 2. The summed E-state index contributed by atoms with van der Waals surface area (Å²) in [6.45, 7) is 4.04. The highest BCUT2D eigenvalue weighted by Gasteiger charge is 2.09. The molecule has 0 radical (unpaired) electrons. The van der Waals surface area contributed by atoms with Crippen molar-refractivity contribution in [2.45, 2.75) is 19.9 Å². The molecule has 6 heteroatoms. The Morgan fingerprint density at radius 1 is 1.21 bits per heavy atom. The molecule has 1 aromatic heterocycles. The van der Waals surface area contributed by atoms with Gasteiger partial charge in [0, 0.05) is 16.8 Å². The maximum Gasteiger partial charge on any atom is 0.159 e. The summed E-state index contributed by atoms with van der Waals surface area (Å²) < 4.78 is 0. The van der Waals surface area contributed by atoms with Crippen molar-refractivity contribution < 1.29 is 0 Å². The maximum absolute atomic E-state index is 6.03. The van der Waals surface area contributed by atoms with Crippen LogP contribution in [-0.4, -0.2) is 16.0 Å². The molecule has 2 rings (SSSR count). The van der Waals surface area contributed by atoms with E-state index in [2.05, 4.69) is 20.6 Å². The summed E-state index contributed by atoms with van der Waals surface area (Å²) in [4.78, 5) is 8.27. The lowest BCUT2D eigenvalue weighted by atomic mass is 10.3. The van der Waals surface area contributed by atoms with Crippen molar-refractivity contribution in [1.82, 2.24) is 9.97 Å². The molecule has 5 nitrogen and oxygen atoms in total. The zero-order valence-corrected chi connectivity index (χ0v) is 11.6. The van der Waals surface area contributed by atoms with Crippen LogP contribution in [0.4, 0.5) is 23.0 Å². The molecule has 1 aromatic carbocycles. The first-order chi connectivity index (χ1) is 9.06. The third-order valence-electron chi connectivity index (χ3n) is 2.40. The Balaban J connectivity index is 2.25. The zero-order valence-electron chi connectivity index (χ0n) is 10.8. The van der Waals surface area contributed by atoms with Gasteiger partial charge in [0.25, 0.3) is 0 Å². The summed E-state index contributed by atoms with van der Waals surface area (Å²) in [5.74, 6) is 1.18. The Morgan fingerprint density at radius 3 is 2.63 bits per heavy atom. The lowest BCUT2D eigenvalue weighted by molar-refractivity contribution is 0.887. The molecule has 100 valence electrons. The summed E-state index contributed by atoms with van der Waals surface area (Å²) in [6, 6.07) is 7.61. The van der Waals surface area contributed by atoms with Crippen molar-refractivity contribution in [2.24, 2.45) is 0 Å². The quantitative estimate of drug-likeness (QED) is 0.800. The molecular formula is C13H16ClN5. The lowest BCUT2D eigenvalue weighted by Gasteiger charge is -2.14. The van der Waals surface area contributed by atoms with Crippen molar-refractivity contribution in [1.29, 1.82) is 0 Å². The smallest absolute Gasteiger partial charge is 0.159 e. The third-order valence-corrected chi connectivity index (χ3v) is 2.63. The number of benzene rings is 1. The highest BCUT2D eigenvalue weighted by molar-refractivity contribution is 6.30. The van der Waals surface area contributed by atoms with Crippen LogP contribution in [0.1, 0.15) is 13.8 Å². The number of nitrogen functional groups attached to an aromatic ring is 1. The molecule has 0 aliphatic rings. The van der Waals surface area contributed by atoms with Gasteiger partial charge in [-0.25, -0.2) is 9.97 Å². The van der Waals surface area contributed by atoms with E-state index in [4.69, 9.17) is 17.3 Å². The molecule has 0 saturated heterocycles. The van der Waals surface area contributed by atoms with Crippen LogP contribution < -0.4 is 16.4 Å². The number of halogens is 1. The van der Waals surface area contributed by atoms with Crippen molar-refractivity contribution in [3.8, 4) is 0 Å². The van der Waals surface area contributed by atoms with Crippen LogP contribution in [0, 0.1) is 0 Å². The normalized spacial score (nSPS) is 10.5. The summed E-state index contributed by atoms with van der Waals surface area (Å²) in [5.41, 5.74) is 7.34. The molecule has 0 bridgehead atoms. The molecule has 0 unspecified atom stereocenters. The molecule has 0 amide bonds. The topological polar surface area (TPSA) is 75.9 Å². The molecule has 1 heterocycles. The fourth-order valence-electron chi connectivity index (χ4n) is 1.59. The molecule has 0 spiro atoms. The van der Waals surface area contributed by atoms with Crippen LogP contribution in [0.25, 0.3) is 0 Å². The Hall–Kier alpha value is -2.01. The molecule has 0 atom stereocenters. The fraction of sp³-hybridized carbons (Fsp3) is 0.231. The first-order valence-electron chi connectivity index (χ1n) is 5.96. The summed E-state index contributed by atoms with van der Waals surface area (Å²) in [5, 5.41) is 6.95. The molecule has 0 saturated carbocycles. The molecule has 0 aliphatic carbocycles. The standard InChI is InChI=1S/C13H16ClN5/c1-8(2)18-12-11(15)13(17-7-16-12)19-10-5-3-4-9(14)6-10/h3-8H,15H2,1-2H3,(H2,16,17,18,19). The summed E-state index contributed by atoms with van der Waals surface area (Å²) in [7, 11) is 0. The molecule has 0 fully saturated rings. The van der Waals surface area contributed by atoms with Gasteiger partial charge in [-0.15, -0.1) is 0 Å². The number of hydrogen-bond acceptors (Lipinski definition) is 5. The minimum atomic E-state index is 0.246. The Morgan fingerprint density at radius 2 is 1.95 bits per heavy atom. The van der Waals surface area contributed by atoms with Gasteiger partial charge in [-0.1, -0.05) is 17.7 Å². The maximum atomic E-state index is 6.03. The monoisotopic (exact) mass is 277 g/mol. The second-order valence-corrected chi connectivity index (χ2v) is 4.86. The van der Waals surface area contributed by atoms with Crippen molar-refractivity contribution in [3.05, 3.63) is 35.6 Å². The van der Waals surface area contributed by atoms with E-state index in [0.29, 0.717) is 22.3 Å². The Kier molecular flexibility index (Phi) is 4.06. The van der Waals surface area contributed by atoms with E-state index in [1.54, 1.807) is 6.07 Å². The minimum absolute atomic E-state index is 0.246. The van der Waals surface area contributed by atoms with Gasteiger partial charge in [-0.3, -0.25) is 0 Å². The SMILES string of the molecule is CC(C)Nc1ncnc(Nc2cccc(Cl)c2)c1N. The van der Waals surface area contributed by atoms with Gasteiger partial charge in [-0.2, -0.15) is 0 Å². The van der Waals surface area contributed by atoms with Gasteiger partial charge in [-0.05, 0) is 32.0 Å². The van der Waals surface area contributed by atoms with Crippen LogP contribution in [0.2, 0.25) is 5.02 Å². The van der Waals surface area contributed by atoms with E-state index in [1.165, 1.54) is 6.33 Å². The first-order valence-corrected chi connectivity index (χ1v) is 6.33. The zero-order chi connectivity index (χ0) is 13.8. The largest absolute Gasteiger partial charge is 0.393 e. The summed E-state index contributed by atoms with van der Waals surface area (Å²) >= 11 is 5.93. The minimum Gasteiger partial charge on any atom is -0.393 e. The van der Waals surface area contributed by atoms with Crippen LogP contribution in [-0.2, 0) is 0 Å². The van der Waals surface area contributed by atoms with Gasteiger partial charge in [0.1, 0.15) is 12.0 Å². The molecular weight excluding hydrogens is 262 g/mol. The van der Waals surface area contributed by atoms with Crippen LogP contribution in [0.5, 0.6) is 0 Å². The molecule has 0 aliphatic heterocycles. The summed E-state index contributed by atoms with van der Waals surface area (Å²) in [6.07, 6.45) is 1.47. The molecule has 2 aromatic rings. The number of rotatable bonds is 4. The second kappa shape index (κ2) is 5.75. The second-order valence-electron chi connectivity index (χ2n) is 4.42. The lowest BCUT2D eigenvalue weighted by Crippen LogP contribution is -2.14. The first kappa shape index (κ1) is 13.4. The predicted molar refractivity (Wildman–Crippen MR) is 79.9 cm³/mol. The van der Waals surface area contributed by atoms with Gasteiger partial charge >= 0.3 is 0 Å². The highest BCUT2D eigenvalue weighted by Crippen LogP contribution is 2.27. The number of hydrogen-bond donors (Lipinski definition) is 3. The number of anilines is 4. The van der Waals surface area contributed by atoms with E-state index < -0.39 is 0 Å². The van der Waals surface area contributed by atoms with Gasteiger partial charge < -0.3 is 16.4 Å². The fourth-order valence-corrected chi connectivity index (χ4v) is 1.78. The Bertz CT molecular complexity index is 571. The van der Waals surface area contributed by atoms with Crippen molar-refractivity contribution >= 4 is 34.6 Å². The van der Waals surface area contributed by atoms with Gasteiger partial charge in [0.05, 0.1) is 0 Å². The number of nitrogens with one attached hydrogen (secondary N) is 2.